The number of rotatable bonds is 5. The Morgan fingerprint density at radius 2 is 2.32 bits per heavy atom. The molecule has 0 spiro atoms. The van der Waals surface area contributed by atoms with Gasteiger partial charge in [0, 0.05) is 17.3 Å². The normalized spacial score (nSPS) is 22.0. The molecule has 0 aliphatic carbocycles. The number of thiophene rings is 1. The average molecular weight is 301 g/mol. The van der Waals surface area contributed by atoms with Crippen LogP contribution in [-0.2, 0) is 21.1 Å². The molecule has 4 nitrogen and oxygen atoms in total. The lowest BCUT2D eigenvalue weighted by Crippen LogP contribution is -2.43. The van der Waals surface area contributed by atoms with E-state index in [1.807, 2.05) is 11.4 Å². The number of carbonyl (C=O) groups excluding carboxylic acids is 1. The molecule has 1 aliphatic rings. The lowest BCUT2D eigenvalue weighted by molar-refractivity contribution is -0.121. The van der Waals surface area contributed by atoms with Gasteiger partial charge in [0.1, 0.15) is 0 Å². The van der Waals surface area contributed by atoms with Crippen LogP contribution >= 0.6 is 11.3 Å². The summed E-state index contributed by atoms with van der Waals surface area (Å²) in [7, 11) is -2.95. The zero-order valence-corrected chi connectivity index (χ0v) is 12.4. The Bertz CT molecular complexity index is 508. The number of hydrogen-bond acceptors (Lipinski definition) is 4. The summed E-state index contributed by atoms with van der Waals surface area (Å²) in [5.41, 5.74) is 0. The fourth-order valence-corrected chi connectivity index (χ4v) is 4.70. The molecule has 0 radical (unpaired) electrons. The quantitative estimate of drug-likeness (QED) is 0.901. The Balaban J connectivity index is 1.69. The minimum absolute atomic E-state index is 0.0290. The SMILES string of the molecule is O=C(CCCc1cccs1)N[C@@H]1CCCS(=O)(=O)C1. The maximum absolute atomic E-state index is 11.7. The van der Waals surface area contributed by atoms with Crippen molar-refractivity contribution in [2.24, 2.45) is 0 Å². The summed E-state index contributed by atoms with van der Waals surface area (Å²) >= 11 is 1.70. The maximum Gasteiger partial charge on any atom is 0.220 e. The number of carbonyl (C=O) groups is 1. The van der Waals surface area contributed by atoms with Gasteiger partial charge in [-0.25, -0.2) is 8.42 Å². The molecule has 1 atom stereocenters. The Morgan fingerprint density at radius 1 is 1.47 bits per heavy atom. The van der Waals surface area contributed by atoms with Gasteiger partial charge in [-0.3, -0.25) is 4.79 Å². The Hall–Kier alpha value is -0.880. The molecule has 0 unspecified atom stereocenters. The molecule has 0 saturated carbocycles. The lowest BCUT2D eigenvalue weighted by atomic mass is 10.1. The summed E-state index contributed by atoms with van der Waals surface area (Å²) in [6.45, 7) is 0. The Morgan fingerprint density at radius 3 is 3.00 bits per heavy atom. The first kappa shape index (κ1) is 14.5. The molecule has 1 amide bonds. The fourth-order valence-electron chi connectivity index (χ4n) is 2.31. The van der Waals surface area contributed by atoms with Gasteiger partial charge in [0.05, 0.1) is 11.5 Å². The molecule has 1 aliphatic heterocycles. The first-order valence-corrected chi connectivity index (χ1v) is 9.27. The molecule has 1 saturated heterocycles. The van der Waals surface area contributed by atoms with Crippen molar-refractivity contribution in [2.75, 3.05) is 11.5 Å². The van der Waals surface area contributed by atoms with E-state index in [0.717, 1.165) is 19.3 Å². The second-order valence-corrected chi connectivity index (χ2v) is 8.21. The topological polar surface area (TPSA) is 63.2 Å². The van der Waals surface area contributed by atoms with Crippen LogP contribution in [0.2, 0.25) is 0 Å². The van der Waals surface area contributed by atoms with Crippen molar-refractivity contribution in [2.45, 2.75) is 38.1 Å². The summed E-state index contributed by atoms with van der Waals surface area (Å²) < 4.78 is 22.9. The van der Waals surface area contributed by atoms with Crippen molar-refractivity contribution >= 4 is 27.1 Å². The summed E-state index contributed by atoms with van der Waals surface area (Å²) in [6.07, 6.45) is 3.62. The number of amides is 1. The minimum Gasteiger partial charge on any atom is -0.352 e. The number of sulfone groups is 1. The van der Waals surface area contributed by atoms with Crippen LogP contribution < -0.4 is 5.32 Å². The van der Waals surface area contributed by atoms with E-state index in [0.29, 0.717) is 12.8 Å². The van der Waals surface area contributed by atoms with E-state index in [1.54, 1.807) is 11.3 Å². The van der Waals surface area contributed by atoms with Gasteiger partial charge in [-0.15, -0.1) is 11.3 Å². The molecule has 19 heavy (non-hydrogen) atoms. The second-order valence-electron chi connectivity index (χ2n) is 4.95. The molecule has 1 aromatic rings. The summed E-state index contributed by atoms with van der Waals surface area (Å²) in [4.78, 5) is 13.0. The predicted octanol–water partition coefficient (Wildman–Crippen LogP) is 1.76. The predicted molar refractivity (Wildman–Crippen MR) is 77.1 cm³/mol. The minimum atomic E-state index is -2.95. The van der Waals surface area contributed by atoms with Gasteiger partial charge in [0.25, 0.3) is 0 Å². The molecule has 0 bridgehead atoms. The monoisotopic (exact) mass is 301 g/mol. The van der Waals surface area contributed by atoms with Crippen molar-refractivity contribution in [3.8, 4) is 0 Å². The van der Waals surface area contributed by atoms with Crippen LogP contribution in [0.15, 0.2) is 17.5 Å². The van der Waals surface area contributed by atoms with Crippen molar-refractivity contribution in [3.63, 3.8) is 0 Å². The van der Waals surface area contributed by atoms with E-state index in [4.69, 9.17) is 0 Å². The zero-order chi connectivity index (χ0) is 13.7. The van der Waals surface area contributed by atoms with Crippen LogP contribution in [0.25, 0.3) is 0 Å². The molecule has 1 aromatic heterocycles. The van der Waals surface area contributed by atoms with Gasteiger partial charge >= 0.3 is 0 Å². The van der Waals surface area contributed by atoms with Gasteiger partial charge in [-0.2, -0.15) is 0 Å². The number of nitrogens with one attached hydrogen (secondary N) is 1. The fraction of sp³-hybridized carbons (Fsp3) is 0.615. The largest absolute Gasteiger partial charge is 0.352 e. The number of hydrogen-bond donors (Lipinski definition) is 1. The second kappa shape index (κ2) is 6.52. The molecular weight excluding hydrogens is 282 g/mol. The first-order chi connectivity index (χ1) is 9.05. The zero-order valence-electron chi connectivity index (χ0n) is 10.8. The van der Waals surface area contributed by atoms with Crippen LogP contribution in [-0.4, -0.2) is 31.9 Å². The van der Waals surface area contributed by atoms with Crippen LogP contribution in [0, 0.1) is 0 Å². The molecule has 0 aromatic carbocycles. The standard InChI is InChI=1S/C13H19NO3S2/c15-13(7-1-5-12-6-2-8-18-12)14-11-4-3-9-19(16,17)10-11/h2,6,8,11H,1,3-5,7,9-10H2,(H,14,15)/t11-/m1/s1. The van der Waals surface area contributed by atoms with Crippen molar-refractivity contribution in [3.05, 3.63) is 22.4 Å². The van der Waals surface area contributed by atoms with Gasteiger partial charge in [-0.1, -0.05) is 6.07 Å². The highest BCUT2D eigenvalue weighted by Crippen LogP contribution is 2.14. The molecule has 106 valence electrons. The van der Waals surface area contributed by atoms with Gasteiger partial charge in [-0.05, 0) is 37.1 Å². The smallest absolute Gasteiger partial charge is 0.220 e. The van der Waals surface area contributed by atoms with E-state index in [-0.39, 0.29) is 23.5 Å². The van der Waals surface area contributed by atoms with Crippen LogP contribution in [0.5, 0.6) is 0 Å². The van der Waals surface area contributed by atoms with E-state index in [2.05, 4.69) is 11.4 Å². The van der Waals surface area contributed by atoms with Gasteiger partial charge in [0.2, 0.25) is 5.91 Å². The van der Waals surface area contributed by atoms with Gasteiger partial charge < -0.3 is 5.32 Å². The van der Waals surface area contributed by atoms with E-state index in [1.165, 1.54) is 4.88 Å². The third kappa shape index (κ3) is 4.95. The van der Waals surface area contributed by atoms with E-state index in [9.17, 15) is 13.2 Å². The van der Waals surface area contributed by atoms with Crippen molar-refractivity contribution in [1.82, 2.24) is 5.32 Å². The Kier molecular flexibility index (Phi) is 4.99. The van der Waals surface area contributed by atoms with Gasteiger partial charge in [0.15, 0.2) is 9.84 Å². The highest BCUT2D eigenvalue weighted by atomic mass is 32.2. The third-order valence-electron chi connectivity index (χ3n) is 3.24. The van der Waals surface area contributed by atoms with Crippen LogP contribution in [0.1, 0.15) is 30.6 Å². The van der Waals surface area contributed by atoms with Crippen molar-refractivity contribution < 1.29 is 13.2 Å². The molecule has 2 heterocycles. The lowest BCUT2D eigenvalue weighted by Gasteiger charge is -2.22. The van der Waals surface area contributed by atoms with Crippen molar-refractivity contribution in [1.29, 1.82) is 0 Å². The molecule has 2 rings (SSSR count). The molecule has 1 N–H and O–H groups in total. The summed E-state index contributed by atoms with van der Waals surface area (Å²) in [5.74, 6) is 0.333. The Labute approximate surface area is 118 Å². The molecule has 1 fully saturated rings. The number of aryl methyl sites for hydroxylation is 1. The summed E-state index contributed by atoms with van der Waals surface area (Å²) in [5, 5.41) is 4.87. The average Bonchev–Trinajstić information content (AvgIpc) is 2.80. The maximum atomic E-state index is 11.7. The molecule has 6 heteroatoms. The molecular formula is C13H19NO3S2. The highest BCUT2D eigenvalue weighted by Gasteiger charge is 2.25. The van der Waals surface area contributed by atoms with E-state index >= 15 is 0 Å². The highest BCUT2D eigenvalue weighted by molar-refractivity contribution is 7.91. The third-order valence-corrected chi connectivity index (χ3v) is 5.99. The summed E-state index contributed by atoms with van der Waals surface area (Å²) in [6, 6.07) is 3.89. The van der Waals surface area contributed by atoms with E-state index < -0.39 is 9.84 Å². The van der Waals surface area contributed by atoms with Crippen LogP contribution in [0.4, 0.5) is 0 Å². The first-order valence-electron chi connectivity index (χ1n) is 6.57. The van der Waals surface area contributed by atoms with Crippen LogP contribution in [0.3, 0.4) is 0 Å².